The van der Waals surface area contributed by atoms with Gasteiger partial charge in [-0.25, -0.2) is 0 Å². The summed E-state index contributed by atoms with van der Waals surface area (Å²) in [6.45, 7) is 8.54. The van der Waals surface area contributed by atoms with E-state index in [1.165, 1.54) is 51.7 Å². The molecule has 1 atom stereocenters. The van der Waals surface area contributed by atoms with Crippen molar-refractivity contribution in [3.05, 3.63) is 0 Å². The lowest BCUT2D eigenvalue weighted by atomic mass is 10.1. The summed E-state index contributed by atoms with van der Waals surface area (Å²) in [6.07, 6.45) is 7.02. The van der Waals surface area contributed by atoms with Crippen LogP contribution in [0.2, 0.25) is 0 Å². The van der Waals surface area contributed by atoms with Crippen LogP contribution in [0.1, 0.15) is 46.0 Å². The van der Waals surface area contributed by atoms with E-state index in [-0.39, 0.29) is 0 Å². The Balaban J connectivity index is 1.66. The third kappa shape index (κ3) is 3.76. The molecule has 0 aromatic carbocycles. The molecule has 2 heteroatoms. The van der Waals surface area contributed by atoms with Gasteiger partial charge < -0.3 is 5.32 Å². The lowest BCUT2D eigenvalue weighted by molar-refractivity contribution is 0.233. The Morgan fingerprint density at radius 3 is 2.73 bits per heavy atom. The van der Waals surface area contributed by atoms with Crippen LogP contribution in [0.25, 0.3) is 0 Å². The lowest BCUT2D eigenvalue weighted by Crippen LogP contribution is -2.39. The molecule has 1 saturated heterocycles. The van der Waals surface area contributed by atoms with Crippen LogP contribution in [0.15, 0.2) is 0 Å². The summed E-state index contributed by atoms with van der Waals surface area (Å²) < 4.78 is 0. The van der Waals surface area contributed by atoms with Crippen LogP contribution in [-0.4, -0.2) is 36.6 Å². The summed E-state index contributed by atoms with van der Waals surface area (Å²) in [5.41, 5.74) is 0. The fourth-order valence-corrected chi connectivity index (χ4v) is 2.43. The summed E-state index contributed by atoms with van der Waals surface area (Å²) in [6, 6.07) is 1.71. The maximum Gasteiger partial charge on any atom is 0.0221 e. The zero-order valence-electron chi connectivity index (χ0n) is 10.3. The molecule has 2 aliphatic rings. The van der Waals surface area contributed by atoms with Crippen LogP contribution < -0.4 is 5.32 Å². The monoisotopic (exact) mass is 210 g/mol. The van der Waals surface area contributed by atoms with Crippen molar-refractivity contribution in [3.63, 3.8) is 0 Å². The highest BCUT2D eigenvalue weighted by atomic mass is 15.2. The molecule has 2 fully saturated rings. The van der Waals surface area contributed by atoms with Crippen molar-refractivity contribution in [2.75, 3.05) is 19.6 Å². The fraction of sp³-hybridized carbons (Fsp3) is 1.00. The molecule has 0 amide bonds. The predicted molar refractivity (Wildman–Crippen MR) is 65.1 cm³/mol. The van der Waals surface area contributed by atoms with Crippen molar-refractivity contribution >= 4 is 0 Å². The van der Waals surface area contributed by atoms with E-state index in [9.17, 15) is 0 Å². The number of nitrogens with zero attached hydrogens (tertiary/aromatic N) is 1. The molecule has 0 aromatic heterocycles. The van der Waals surface area contributed by atoms with Gasteiger partial charge >= 0.3 is 0 Å². The highest BCUT2D eigenvalue weighted by Gasteiger charge is 2.27. The highest BCUT2D eigenvalue weighted by Crippen LogP contribution is 2.22. The van der Waals surface area contributed by atoms with Gasteiger partial charge in [-0.05, 0) is 51.1 Å². The Morgan fingerprint density at radius 2 is 2.07 bits per heavy atom. The summed E-state index contributed by atoms with van der Waals surface area (Å²) in [4.78, 5) is 2.70. The van der Waals surface area contributed by atoms with E-state index in [4.69, 9.17) is 0 Å². The number of nitrogens with one attached hydrogen (secondary N) is 1. The van der Waals surface area contributed by atoms with Gasteiger partial charge in [-0.3, -0.25) is 4.90 Å². The van der Waals surface area contributed by atoms with Gasteiger partial charge in [0, 0.05) is 18.6 Å². The lowest BCUT2D eigenvalue weighted by Gasteiger charge is -2.25. The van der Waals surface area contributed by atoms with Crippen molar-refractivity contribution in [2.24, 2.45) is 5.92 Å². The second kappa shape index (κ2) is 5.31. The molecule has 0 aromatic rings. The molecular weight excluding hydrogens is 184 g/mol. The minimum atomic E-state index is 0.837. The van der Waals surface area contributed by atoms with Crippen molar-refractivity contribution in [1.82, 2.24) is 10.2 Å². The molecule has 0 spiro atoms. The maximum atomic E-state index is 3.67. The Kier molecular flexibility index (Phi) is 4.04. The smallest absolute Gasteiger partial charge is 0.0221 e. The molecule has 1 N–H and O–H groups in total. The van der Waals surface area contributed by atoms with Crippen LogP contribution in [0.5, 0.6) is 0 Å². The van der Waals surface area contributed by atoms with E-state index < -0.39 is 0 Å². The third-order valence-corrected chi connectivity index (χ3v) is 3.71. The molecule has 88 valence electrons. The van der Waals surface area contributed by atoms with Gasteiger partial charge in [-0.15, -0.1) is 0 Å². The molecule has 1 aliphatic carbocycles. The molecule has 15 heavy (non-hydrogen) atoms. The Labute approximate surface area is 94.4 Å². The zero-order chi connectivity index (χ0) is 10.7. The van der Waals surface area contributed by atoms with E-state index in [1.54, 1.807) is 0 Å². The average molecular weight is 210 g/mol. The SMILES string of the molecule is CC(C)CCN1CCCC1CNC1CC1. The molecule has 0 bridgehead atoms. The molecule has 2 rings (SSSR count). The summed E-state index contributed by atoms with van der Waals surface area (Å²) in [7, 11) is 0. The van der Waals surface area contributed by atoms with Crippen molar-refractivity contribution < 1.29 is 0 Å². The number of hydrogen-bond donors (Lipinski definition) is 1. The number of rotatable bonds is 6. The van der Waals surface area contributed by atoms with Crippen molar-refractivity contribution in [3.8, 4) is 0 Å². The van der Waals surface area contributed by atoms with Crippen LogP contribution in [0.4, 0.5) is 0 Å². The standard InChI is InChI=1S/C13H26N2/c1-11(2)7-9-15-8-3-4-13(15)10-14-12-5-6-12/h11-14H,3-10H2,1-2H3. The van der Waals surface area contributed by atoms with E-state index in [2.05, 4.69) is 24.1 Å². The van der Waals surface area contributed by atoms with Gasteiger partial charge in [-0.1, -0.05) is 13.8 Å². The van der Waals surface area contributed by atoms with Gasteiger partial charge in [0.1, 0.15) is 0 Å². The zero-order valence-corrected chi connectivity index (χ0v) is 10.3. The van der Waals surface area contributed by atoms with Crippen LogP contribution >= 0.6 is 0 Å². The maximum absolute atomic E-state index is 3.67. The topological polar surface area (TPSA) is 15.3 Å². The minimum Gasteiger partial charge on any atom is -0.312 e. The molecule has 1 unspecified atom stereocenters. The minimum absolute atomic E-state index is 0.837. The molecule has 1 aliphatic heterocycles. The fourth-order valence-electron chi connectivity index (χ4n) is 2.43. The molecular formula is C13H26N2. The quantitative estimate of drug-likeness (QED) is 0.723. The van der Waals surface area contributed by atoms with Crippen molar-refractivity contribution in [1.29, 1.82) is 0 Å². The molecule has 0 radical (unpaired) electrons. The van der Waals surface area contributed by atoms with E-state index >= 15 is 0 Å². The Hall–Kier alpha value is -0.0800. The number of likely N-dealkylation sites (tertiary alicyclic amines) is 1. The number of hydrogen-bond acceptors (Lipinski definition) is 2. The van der Waals surface area contributed by atoms with Gasteiger partial charge in [0.05, 0.1) is 0 Å². The van der Waals surface area contributed by atoms with Crippen LogP contribution in [0.3, 0.4) is 0 Å². The molecule has 1 saturated carbocycles. The first kappa shape index (κ1) is 11.4. The first-order valence-electron chi connectivity index (χ1n) is 6.73. The van der Waals surface area contributed by atoms with Crippen molar-refractivity contribution in [2.45, 2.75) is 58.0 Å². The molecule has 1 heterocycles. The summed E-state index contributed by atoms with van der Waals surface area (Å²) in [5.74, 6) is 0.850. The normalized spacial score (nSPS) is 27.8. The van der Waals surface area contributed by atoms with E-state index in [0.29, 0.717) is 0 Å². The Bertz CT molecular complexity index is 175. The van der Waals surface area contributed by atoms with E-state index in [0.717, 1.165) is 18.0 Å². The van der Waals surface area contributed by atoms with Crippen LogP contribution in [0, 0.1) is 5.92 Å². The largest absolute Gasteiger partial charge is 0.312 e. The van der Waals surface area contributed by atoms with Gasteiger partial charge in [-0.2, -0.15) is 0 Å². The van der Waals surface area contributed by atoms with Crippen LogP contribution in [-0.2, 0) is 0 Å². The van der Waals surface area contributed by atoms with E-state index in [1.807, 2.05) is 0 Å². The Morgan fingerprint density at radius 1 is 1.27 bits per heavy atom. The second-order valence-corrected chi connectivity index (χ2v) is 5.70. The molecule has 2 nitrogen and oxygen atoms in total. The van der Waals surface area contributed by atoms with Gasteiger partial charge in [0.15, 0.2) is 0 Å². The summed E-state index contributed by atoms with van der Waals surface area (Å²) in [5, 5.41) is 3.67. The highest BCUT2D eigenvalue weighted by molar-refractivity contribution is 4.86. The predicted octanol–water partition coefficient (Wildman–Crippen LogP) is 2.25. The first-order chi connectivity index (χ1) is 7.25. The van der Waals surface area contributed by atoms with Gasteiger partial charge in [0.25, 0.3) is 0 Å². The van der Waals surface area contributed by atoms with Gasteiger partial charge in [0.2, 0.25) is 0 Å². The average Bonchev–Trinajstić information content (AvgIpc) is 2.92. The third-order valence-electron chi connectivity index (χ3n) is 3.71. The first-order valence-corrected chi connectivity index (χ1v) is 6.73. The second-order valence-electron chi connectivity index (χ2n) is 5.70. The summed E-state index contributed by atoms with van der Waals surface area (Å²) >= 11 is 0.